The van der Waals surface area contributed by atoms with Crippen LogP contribution in [0.2, 0.25) is 0 Å². The number of hydrogen-bond donors (Lipinski definition) is 1. The van der Waals surface area contributed by atoms with Gasteiger partial charge in [-0.1, -0.05) is 0 Å². The van der Waals surface area contributed by atoms with Gasteiger partial charge in [-0.05, 0) is 38.3 Å². The van der Waals surface area contributed by atoms with Crippen LogP contribution in [-0.4, -0.2) is 17.0 Å². The van der Waals surface area contributed by atoms with Crippen LogP contribution >= 0.6 is 0 Å². The first-order chi connectivity index (χ1) is 8.33. The number of nitrogens with zero attached hydrogens (tertiary/aromatic N) is 1. The van der Waals surface area contributed by atoms with Gasteiger partial charge in [0, 0.05) is 25.2 Å². The number of carbonyl (C=O) groups excluding carboxylic acids is 1. The molecule has 3 heteroatoms. The molecule has 3 nitrogen and oxygen atoms in total. The molecule has 2 rings (SSSR count). The van der Waals surface area contributed by atoms with Gasteiger partial charge in [0.2, 0.25) is 0 Å². The van der Waals surface area contributed by atoms with E-state index in [1.807, 2.05) is 25.3 Å². The molecule has 1 aliphatic rings. The SMILES string of the molecule is CC#CCCNC(=O)c1cccn1C1CCC1. The third kappa shape index (κ3) is 2.71. The quantitative estimate of drug-likeness (QED) is 0.625. The van der Waals surface area contributed by atoms with E-state index in [0.717, 1.165) is 5.69 Å². The average molecular weight is 230 g/mol. The van der Waals surface area contributed by atoms with Gasteiger partial charge < -0.3 is 9.88 Å². The zero-order valence-electron chi connectivity index (χ0n) is 10.2. The maximum Gasteiger partial charge on any atom is 0.267 e. The Hall–Kier alpha value is -1.69. The Morgan fingerprint density at radius 1 is 1.59 bits per heavy atom. The lowest BCUT2D eigenvalue weighted by molar-refractivity contribution is 0.0939. The van der Waals surface area contributed by atoms with E-state index in [4.69, 9.17) is 0 Å². The molecule has 1 aromatic heterocycles. The van der Waals surface area contributed by atoms with Crippen molar-refractivity contribution < 1.29 is 4.79 Å². The lowest BCUT2D eigenvalue weighted by atomic mass is 9.93. The fraction of sp³-hybridized carbons (Fsp3) is 0.500. The summed E-state index contributed by atoms with van der Waals surface area (Å²) in [6, 6.07) is 4.36. The third-order valence-electron chi connectivity index (χ3n) is 3.19. The zero-order chi connectivity index (χ0) is 12.1. The number of hydrogen-bond acceptors (Lipinski definition) is 1. The number of amides is 1. The number of aromatic nitrogens is 1. The normalized spacial score (nSPS) is 14.6. The first-order valence-corrected chi connectivity index (χ1v) is 6.17. The molecule has 0 unspecified atom stereocenters. The van der Waals surface area contributed by atoms with E-state index in [0.29, 0.717) is 19.0 Å². The summed E-state index contributed by atoms with van der Waals surface area (Å²) in [5.74, 6) is 5.77. The second-order valence-corrected chi connectivity index (χ2v) is 4.32. The minimum Gasteiger partial charge on any atom is -0.350 e. The minimum absolute atomic E-state index is 0.0137. The van der Waals surface area contributed by atoms with Gasteiger partial charge in [0.15, 0.2) is 0 Å². The van der Waals surface area contributed by atoms with Crippen LogP contribution in [0.1, 0.15) is 49.1 Å². The fourth-order valence-electron chi connectivity index (χ4n) is 2.02. The van der Waals surface area contributed by atoms with Gasteiger partial charge in [0.25, 0.3) is 5.91 Å². The van der Waals surface area contributed by atoms with Gasteiger partial charge in [-0.2, -0.15) is 0 Å². The van der Waals surface area contributed by atoms with Gasteiger partial charge in [-0.15, -0.1) is 11.8 Å². The minimum atomic E-state index is 0.0137. The first kappa shape index (κ1) is 11.8. The monoisotopic (exact) mass is 230 g/mol. The van der Waals surface area contributed by atoms with Crippen LogP contribution in [-0.2, 0) is 0 Å². The summed E-state index contributed by atoms with van der Waals surface area (Å²) < 4.78 is 2.10. The average Bonchev–Trinajstić information content (AvgIpc) is 2.70. The highest BCUT2D eigenvalue weighted by Gasteiger charge is 2.22. The van der Waals surface area contributed by atoms with Crippen molar-refractivity contribution >= 4 is 5.91 Å². The predicted octanol–water partition coefficient (Wildman–Crippen LogP) is 2.36. The van der Waals surface area contributed by atoms with Crippen LogP contribution in [0.4, 0.5) is 0 Å². The van der Waals surface area contributed by atoms with E-state index >= 15 is 0 Å². The number of carbonyl (C=O) groups is 1. The summed E-state index contributed by atoms with van der Waals surface area (Å²) >= 11 is 0. The van der Waals surface area contributed by atoms with Crippen molar-refractivity contribution in [2.24, 2.45) is 0 Å². The van der Waals surface area contributed by atoms with Crippen molar-refractivity contribution in [3.8, 4) is 11.8 Å². The van der Waals surface area contributed by atoms with Crippen molar-refractivity contribution in [3.05, 3.63) is 24.0 Å². The van der Waals surface area contributed by atoms with E-state index in [9.17, 15) is 4.79 Å². The summed E-state index contributed by atoms with van der Waals surface area (Å²) in [5, 5.41) is 2.90. The topological polar surface area (TPSA) is 34.0 Å². The van der Waals surface area contributed by atoms with Gasteiger partial charge in [0.05, 0.1) is 0 Å². The van der Waals surface area contributed by atoms with Crippen LogP contribution in [0.5, 0.6) is 0 Å². The van der Waals surface area contributed by atoms with E-state index in [1.54, 1.807) is 0 Å². The van der Waals surface area contributed by atoms with Crippen molar-refractivity contribution in [3.63, 3.8) is 0 Å². The zero-order valence-corrected chi connectivity index (χ0v) is 10.2. The smallest absolute Gasteiger partial charge is 0.267 e. The second-order valence-electron chi connectivity index (χ2n) is 4.32. The molecule has 1 aromatic rings. The molecule has 1 heterocycles. The van der Waals surface area contributed by atoms with E-state index in [1.165, 1.54) is 19.3 Å². The maximum atomic E-state index is 12.0. The summed E-state index contributed by atoms with van der Waals surface area (Å²) in [6.07, 6.45) is 6.37. The van der Waals surface area contributed by atoms with Crippen LogP contribution in [0.25, 0.3) is 0 Å². The summed E-state index contributed by atoms with van der Waals surface area (Å²) in [6.45, 7) is 2.43. The molecule has 0 aromatic carbocycles. The first-order valence-electron chi connectivity index (χ1n) is 6.17. The molecule has 0 radical (unpaired) electrons. The summed E-state index contributed by atoms with van der Waals surface area (Å²) in [4.78, 5) is 12.0. The van der Waals surface area contributed by atoms with Gasteiger partial charge in [0.1, 0.15) is 5.69 Å². The second kappa shape index (κ2) is 5.58. The molecule has 17 heavy (non-hydrogen) atoms. The Bertz CT molecular complexity index is 446. The molecule has 0 atom stereocenters. The van der Waals surface area contributed by atoms with Crippen molar-refractivity contribution in [1.29, 1.82) is 0 Å². The molecule has 1 fully saturated rings. The lowest BCUT2D eigenvalue weighted by Gasteiger charge is -2.28. The molecule has 90 valence electrons. The van der Waals surface area contributed by atoms with Crippen molar-refractivity contribution in [2.45, 2.75) is 38.6 Å². The summed E-state index contributed by atoms with van der Waals surface area (Å²) in [5.41, 5.74) is 0.777. The predicted molar refractivity (Wildman–Crippen MR) is 67.7 cm³/mol. The Morgan fingerprint density at radius 2 is 2.41 bits per heavy atom. The Kier molecular flexibility index (Phi) is 3.87. The molecule has 0 saturated heterocycles. The van der Waals surface area contributed by atoms with E-state index in [2.05, 4.69) is 21.7 Å². The van der Waals surface area contributed by atoms with Gasteiger partial charge in [-0.3, -0.25) is 4.79 Å². The number of nitrogens with one attached hydrogen (secondary N) is 1. The van der Waals surface area contributed by atoms with Crippen molar-refractivity contribution in [1.82, 2.24) is 9.88 Å². The molecular formula is C14H18N2O. The van der Waals surface area contributed by atoms with Crippen LogP contribution in [0.3, 0.4) is 0 Å². The molecule has 1 N–H and O–H groups in total. The fourth-order valence-corrected chi connectivity index (χ4v) is 2.02. The van der Waals surface area contributed by atoms with Gasteiger partial charge in [-0.25, -0.2) is 0 Å². The molecule has 1 amide bonds. The Labute approximate surface area is 102 Å². The van der Waals surface area contributed by atoms with E-state index in [-0.39, 0.29) is 5.91 Å². The largest absolute Gasteiger partial charge is 0.350 e. The van der Waals surface area contributed by atoms with Crippen molar-refractivity contribution in [2.75, 3.05) is 6.54 Å². The molecule has 0 aliphatic heterocycles. The Balaban J connectivity index is 1.93. The molecule has 1 aliphatic carbocycles. The highest BCUT2D eigenvalue weighted by molar-refractivity contribution is 5.92. The molecule has 0 bridgehead atoms. The van der Waals surface area contributed by atoms with Crippen LogP contribution in [0, 0.1) is 11.8 Å². The molecule has 1 saturated carbocycles. The maximum absolute atomic E-state index is 12.0. The highest BCUT2D eigenvalue weighted by atomic mass is 16.1. The van der Waals surface area contributed by atoms with Gasteiger partial charge >= 0.3 is 0 Å². The highest BCUT2D eigenvalue weighted by Crippen LogP contribution is 2.32. The summed E-state index contributed by atoms with van der Waals surface area (Å²) in [7, 11) is 0. The lowest BCUT2D eigenvalue weighted by Crippen LogP contribution is -2.29. The molecular weight excluding hydrogens is 212 g/mol. The number of rotatable bonds is 4. The van der Waals surface area contributed by atoms with Crippen LogP contribution < -0.4 is 5.32 Å². The third-order valence-corrected chi connectivity index (χ3v) is 3.19. The standard InChI is InChI=1S/C14H18N2O/c1-2-3-4-10-15-14(17)13-9-6-11-16(13)12-7-5-8-12/h6,9,11-12H,4-5,7-8,10H2,1H3,(H,15,17). The van der Waals surface area contributed by atoms with E-state index < -0.39 is 0 Å². The van der Waals surface area contributed by atoms with Crippen LogP contribution in [0.15, 0.2) is 18.3 Å². The Morgan fingerprint density at radius 3 is 3.06 bits per heavy atom. The molecule has 0 spiro atoms.